The molecule has 0 spiro atoms. The minimum atomic E-state index is -0.541. The first-order valence-electron chi connectivity index (χ1n) is 9.01. The van der Waals surface area contributed by atoms with Gasteiger partial charge in [-0.15, -0.1) is 0 Å². The summed E-state index contributed by atoms with van der Waals surface area (Å²) in [5.74, 6) is -0.209. The summed E-state index contributed by atoms with van der Waals surface area (Å²) in [6, 6.07) is 4.26. The predicted molar refractivity (Wildman–Crippen MR) is 92.0 cm³/mol. The van der Waals surface area contributed by atoms with E-state index in [1.165, 1.54) is 19.2 Å². The molecule has 0 atom stereocenters. The van der Waals surface area contributed by atoms with Crippen molar-refractivity contribution in [2.24, 2.45) is 5.92 Å². The number of hydrogen-bond donors (Lipinski definition) is 0. The summed E-state index contributed by atoms with van der Waals surface area (Å²) >= 11 is 0. The average molecular weight is 348 g/mol. The van der Waals surface area contributed by atoms with Crippen molar-refractivity contribution in [2.45, 2.75) is 32.1 Å². The molecule has 1 aliphatic heterocycles. The molecule has 2 fully saturated rings. The molecule has 0 N–H and O–H groups in total. The maximum Gasteiger partial charge on any atom is 0.254 e. The van der Waals surface area contributed by atoms with E-state index in [1.54, 1.807) is 11.0 Å². The summed E-state index contributed by atoms with van der Waals surface area (Å²) in [6.07, 6.45) is 5.00. The maximum absolute atomic E-state index is 13.9. The first-order chi connectivity index (χ1) is 12.1. The molecule has 2 amide bonds. The zero-order valence-electron chi connectivity index (χ0n) is 14.7. The molecule has 0 unspecified atom stereocenters. The molecule has 6 heteroatoms. The van der Waals surface area contributed by atoms with Crippen molar-refractivity contribution in [1.29, 1.82) is 0 Å². The van der Waals surface area contributed by atoms with Crippen molar-refractivity contribution >= 4 is 11.8 Å². The summed E-state index contributed by atoms with van der Waals surface area (Å²) in [4.78, 5) is 28.8. The molecule has 1 saturated carbocycles. The number of methoxy groups -OCH3 is 1. The number of halogens is 1. The summed E-state index contributed by atoms with van der Waals surface area (Å²) in [5.41, 5.74) is 0.314. The predicted octanol–water partition coefficient (Wildman–Crippen LogP) is 2.70. The van der Waals surface area contributed by atoms with Crippen LogP contribution in [0.4, 0.5) is 4.39 Å². The lowest BCUT2D eigenvalue weighted by Gasteiger charge is -2.24. The largest absolute Gasteiger partial charge is 0.494 e. The standard InChI is InChI=1S/C19H25FN2O3/c1-25-17-8-7-15(13-16(17)20)19(24)22-10-4-9-21(11-12-22)18(23)14-5-2-3-6-14/h7-8,13-14H,2-6,9-12H2,1H3. The molecule has 1 aromatic rings. The molecule has 0 aromatic heterocycles. The fourth-order valence-corrected chi connectivity index (χ4v) is 3.75. The third-order valence-electron chi connectivity index (χ3n) is 5.20. The Morgan fingerprint density at radius 3 is 2.40 bits per heavy atom. The van der Waals surface area contributed by atoms with Crippen LogP contribution in [0, 0.1) is 11.7 Å². The van der Waals surface area contributed by atoms with Gasteiger partial charge in [-0.3, -0.25) is 9.59 Å². The Bertz CT molecular complexity index is 644. The summed E-state index contributed by atoms with van der Waals surface area (Å²) < 4.78 is 18.7. The lowest BCUT2D eigenvalue weighted by molar-refractivity contribution is -0.135. The molecule has 2 aliphatic rings. The van der Waals surface area contributed by atoms with Crippen LogP contribution in [0.15, 0.2) is 18.2 Å². The van der Waals surface area contributed by atoms with Crippen LogP contribution >= 0.6 is 0 Å². The van der Waals surface area contributed by atoms with E-state index in [-0.39, 0.29) is 23.5 Å². The van der Waals surface area contributed by atoms with Gasteiger partial charge in [-0.2, -0.15) is 0 Å². The number of amides is 2. The topological polar surface area (TPSA) is 49.9 Å². The minimum Gasteiger partial charge on any atom is -0.494 e. The monoisotopic (exact) mass is 348 g/mol. The molecule has 3 rings (SSSR count). The van der Waals surface area contributed by atoms with Gasteiger partial charge in [-0.25, -0.2) is 4.39 Å². The average Bonchev–Trinajstić information content (AvgIpc) is 3.05. The van der Waals surface area contributed by atoms with Crippen LogP contribution in [-0.4, -0.2) is 54.9 Å². The molecule has 1 aliphatic carbocycles. The summed E-state index contributed by atoms with van der Waals surface area (Å²) in [6.45, 7) is 2.32. The molecule has 0 bridgehead atoms. The van der Waals surface area contributed by atoms with Crippen LogP contribution in [0.5, 0.6) is 5.75 Å². The molecule has 1 aromatic carbocycles. The molecule has 0 radical (unpaired) electrons. The molecule has 1 heterocycles. The lowest BCUT2D eigenvalue weighted by atomic mass is 10.1. The number of ether oxygens (including phenoxy) is 1. The van der Waals surface area contributed by atoms with E-state index in [2.05, 4.69) is 0 Å². The van der Waals surface area contributed by atoms with E-state index in [9.17, 15) is 14.0 Å². The van der Waals surface area contributed by atoms with Crippen molar-refractivity contribution in [2.75, 3.05) is 33.3 Å². The second-order valence-electron chi connectivity index (χ2n) is 6.80. The van der Waals surface area contributed by atoms with Gasteiger partial charge in [0, 0.05) is 37.7 Å². The minimum absolute atomic E-state index is 0.126. The second kappa shape index (κ2) is 7.85. The van der Waals surface area contributed by atoms with Gasteiger partial charge in [0.2, 0.25) is 5.91 Å². The first kappa shape index (κ1) is 17.7. The highest BCUT2D eigenvalue weighted by Gasteiger charge is 2.29. The number of carbonyl (C=O) groups is 2. The molecular weight excluding hydrogens is 323 g/mol. The van der Waals surface area contributed by atoms with E-state index < -0.39 is 5.82 Å². The zero-order chi connectivity index (χ0) is 17.8. The van der Waals surface area contributed by atoms with E-state index in [4.69, 9.17) is 4.74 Å². The Labute approximate surface area is 147 Å². The normalized spacial score (nSPS) is 19.0. The van der Waals surface area contributed by atoms with Crippen molar-refractivity contribution < 1.29 is 18.7 Å². The van der Waals surface area contributed by atoms with E-state index >= 15 is 0 Å². The lowest BCUT2D eigenvalue weighted by Crippen LogP contribution is -2.39. The van der Waals surface area contributed by atoms with E-state index in [0.717, 1.165) is 32.1 Å². The smallest absolute Gasteiger partial charge is 0.254 e. The highest BCUT2D eigenvalue weighted by molar-refractivity contribution is 5.94. The van der Waals surface area contributed by atoms with Crippen LogP contribution < -0.4 is 4.74 Å². The van der Waals surface area contributed by atoms with Crippen molar-refractivity contribution in [3.63, 3.8) is 0 Å². The van der Waals surface area contributed by atoms with Gasteiger partial charge in [-0.05, 0) is 37.5 Å². The van der Waals surface area contributed by atoms with Gasteiger partial charge in [-0.1, -0.05) is 12.8 Å². The third-order valence-corrected chi connectivity index (χ3v) is 5.20. The van der Waals surface area contributed by atoms with Crippen molar-refractivity contribution in [3.05, 3.63) is 29.6 Å². The van der Waals surface area contributed by atoms with Crippen LogP contribution in [-0.2, 0) is 4.79 Å². The van der Waals surface area contributed by atoms with Gasteiger partial charge in [0.15, 0.2) is 11.6 Å². The van der Waals surface area contributed by atoms with Crippen LogP contribution in [0.25, 0.3) is 0 Å². The molecule has 25 heavy (non-hydrogen) atoms. The summed E-state index contributed by atoms with van der Waals surface area (Å²) in [5, 5.41) is 0. The highest BCUT2D eigenvalue weighted by Crippen LogP contribution is 2.27. The van der Waals surface area contributed by atoms with Crippen molar-refractivity contribution in [1.82, 2.24) is 9.80 Å². The number of rotatable bonds is 3. The van der Waals surface area contributed by atoms with Gasteiger partial charge < -0.3 is 14.5 Å². The number of benzene rings is 1. The first-order valence-corrected chi connectivity index (χ1v) is 9.01. The molecule has 136 valence electrons. The van der Waals surface area contributed by atoms with E-state index in [1.807, 2.05) is 4.90 Å². The van der Waals surface area contributed by atoms with E-state index in [0.29, 0.717) is 31.7 Å². The molecule has 5 nitrogen and oxygen atoms in total. The molecular formula is C19H25FN2O3. The Balaban J connectivity index is 1.63. The fraction of sp³-hybridized carbons (Fsp3) is 0.579. The van der Waals surface area contributed by atoms with Crippen LogP contribution in [0.2, 0.25) is 0 Å². The fourth-order valence-electron chi connectivity index (χ4n) is 3.75. The third kappa shape index (κ3) is 3.94. The Morgan fingerprint density at radius 2 is 1.72 bits per heavy atom. The number of nitrogens with zero attached hydrogens (tertiary/aromatic N) is 2. The Hall–Kier alpha value is -2.11. The molecule has 1 saturated heterocycles. The van der Waals surface area contributed by atoms with Crippen molar-refractivity contribution in [3.8, 4) is 5.75 Å². The number of carbonyl (C=O) groups excluding carboxylic acids is 2. The highest BCUT2D eigenvalue weighted by atomic mass is 19.1. The van der Waals surface area contributed by atoms with Gasteiger partial charge >= 0.3 is 0 Å². The van der Waals surface area contributed by atoms with Gasteiger partial charge in [0.1, 0.15) is 0 Å². The SMILES string of the molecule is COc1ccc(C(=O)N2CCCN(C(=O)C3CCCC3)CC2)cc1F. The maximum atomic E-state index is 13.9. The Kier molecular flexibility index (Phi) is 5.56. The number of hydrogen-bond acceptors (Lipinski definition) is 3. The zero-order valence-corrected chi connectivity index (χ0v) is 14.7. The summed E-state index contributed by atoms with van der Waals surface area (Å²) in [7, 11) is 1.39. The second-order valence-corrected chi connectivity index (χ2v) is 6.80. The van der Waals surface area contributed by atoms with Crippen LogP contribution in [0.1, 0.15) is 42.5 Å². The van der Waals surface area contributed by atoms with Gasteiger partial charge in [0.25, 0.3) is 5.91 Å². The van der Waals surface area contributed by atoms with Crippen LogP contribution in [0.3, 0.4) is 0 Å². The quantitative estimate of drug-likeness (QED) is 0.844. The van der Waals surface area contributed by atoms with Gasteiger partial charge in [0.05, 0.1) is 7.11 Å². The Morgan fingerprint density at radius 1 is 1.04 bits per heavy atom.